The van der Waals surface area contributed by atoms with Crippen LogP contribution in [0.25, 0.3) is 5.65 Å². The summed E-state index contributed by atoms with van der Waals surface area (Å²) in [6, 6.07) is 9.14. The molecule has 3 rings (SSSR count). The minimum Gasteiger partial charge on any atom is -0.320 e. The van der Waals surface area contributed by atoms with Crippen molar-refractivity contribution < 1.29 is 4.79 Å². The number of hydrogen-bond acceptors (Lipinski definition) is 3. The molecular weight excluding hydrogens is 320 g/mol. The van der Waals surface area contributed by atoms with Crippen LogP contribution in [0.2, 0.25) is 0 Å². The molecule has 2 aromatic heterocycles. The Balaban J connectivity index is 1.95. The molecule has 100 valence electrons. The monoisotopic (exact) mass is 330 g/mol. The zero-order valence-corrected chi connectivity index (χ0v) is 12.3. The second-order valence-electron chi connectivity index (χ2n) is 4.37. The Hall–Kier alpha value is -2.21. The number of carbonyl (C=O) groups excluding carboxylic acids is 1. The average Bonchev–Trinajstić information content (AvgIpc) is 2.90. The van der Waals surface area contributed by atoms with E-state index in [4.69, 9.17) is 0 Å². The maximum Gasteiger partial charge on any atom is 0.274 e. The van der Waals surface area contributed by atoms with E-state index in [0.717, 1.165) is 15.7 Å². The topological polar surface area (TPSA) is 59.3 Å². The van der Waals surface area contributed by atoms with Gasteiger partial charge in [-0.25, -0.2) is 9.50 Å². The molecule has 0 aliphatic rings. The summed E-state index contributed by atoms with van der Waals surface area (Å²) in [6.45, 7) is 1.99. The van der Waals surface area contributed by atoms with E-state index < -0.39 is 0 Å². The number of aryl methyl sites for hydroxylation is 1. The number of anilines is 1. The van der Waals surface area contributed by atoms with E-state index in [2.05, 4.69) is 31.3 Å². The lowest BCUT2D eigenvalue weighted by atomic mass is 10.2. The highest BCUT2D eigenvalue weighted by molar-refractivity contribution is 9.10. The maximum atomic E-state index is 12.3. The third-order valence-electron chi connectivity index (χ3n) is 2.90. The van der Waals surface area contributed by atoms with Crippen LogP contribution in [0.1, 0.15) is 16.1 Å². The molecule has 0 spiro atoms. The van der Waals surface area contributed by atoms with Crippen molar-refractivity contribution in [2.24, 2.45) is 0 Å². The van der Waals surface area contributed by atoms with Crippen LogP contribution in [-0.4, -0.2) is 20.5 Å². The lowest BCUT2D eigenvalue weighted by Crippen LogP contribution is -2.17. The maximum absolute atomic E-state index is 12.3. The van der Waals surface area contributed by atoms with Gasteiger partial charge in [-0.3, -0.25) is 4.79 Å². The van der Waals surface area contributed by atoms with E-state index in [0.29, 0.717) is 11.3 Å². The molecule has 0 aliphatic heterocycles. The van der Waals surface area contributed by atoms with Crippen molar-refractivity contribution in [3.05, 3.63) is 58.5 Å². The molecular formula is C14H11BrN4O. The summed E-state index contributed by atoms with van der Waals surface area (Å²) in [5.74, 6) is -0.231. The molecule has 0 atom stereocenters. The molecule has 0 saturated carbocycles. The second kappa shape index (κ2) is 5.05. The molecule has 0 radical (unpaired) electrons. The van der Waals surface area contributed by atoms with Gasteiger partial charge in [0.15, 0.2) is 5.65 Å². The van der Waals surface area contributed by atoms with E-state index in [-0.39, 0.29) is 5.91 Å². The Bertz CT molecular complexity index is 797. The number of rotatable bonds is 2. The predicted octanol–water partition coefficient (Wildman–Crippen LogP) is 3.05. The quantitative estimate of drug-likeness (QED) is 0.785. The lowest BCUT2D eigenvalue weighted by Gasteiger charge is -2.09. The van der Waals surface area contributed by atoms with Gasteiger partial charge in [0.25, 0.3) is 5.91 Å². The number of aromatic nitrogens is 3. The van der Waals surface area contributed by atoms with Gasteiger partial charge in [-0.15, -0.1) is 0 Å². The fraction of sp³-hybridized carbons (Fsp3) is 0.0714. The van der Waals surface area contributed by atoms with Gasteiger partial charge in [0.05, 0.1) is 11.9 Å². The first-order valence-electron chi connectivity index (χ1n) is 6.01. The molecule has 0 fully saturated rings. The Kier molecular flexibility index (Phi) is 3.23. The van der Waals surface area contributed by atoms with E-state index in [1.807, 2.05) is 25.1 Å². The van der Waals surface area contributed by atoms with E-state index in [1.165, 1.54) is 4.52 Å². The van der Waals surface area contributed by atoms with Gasteiger partial charge in [-0.2, -0.15) is 5.10 Å². The van der Waals surface area contributed by atoms with Crippen LogP contribution in [0.3, 0.4) is 0 Å². The van der Waals surface area contributed by atoms with Crippen LogP contribution in [0, 0.1) is 6.92 Å². The summed E-state index contributed by atoms with van der Waals surface area (Å²) in [7, 11) is 0. The van der Waals surface area contributed by atoms with Gasteiger partial charge >= 0.3 is 0 Å². The molecule has 1 N–H and O–H groups in total. The van der Waals surface area contributed by atoms with Crippen molar-refractivity contribution >= 4 is 33.2 Å². The normalized spacial score (nSPS) is 10.7. The number of fused-ring (bicyclic) bond motifs is 1. The van der Waals surface area contributed by atoms with Gasteiger partial charge in [0.2, 0.25) is 0 Å². The van der Waals surface area contributed by atoms with Crippen molar-refractivity contribution in [1.82, 2.24) is 14.6 Å². The number of amides is 1. The zero-order valence-electron chi connectivity index (χ0n) is 10.7. The molecule has 0 saturated heterocycles. The Labute approximate surface area is 123 Å². The first-order valence-corrected chi connectivity index (χ1v) is 6.81. The van der Waals surface area contributed by atoms with E-state index in [1.54, 1.807) is 24.5 Å². The minimum absolute atomic E-state index is 0.231. The van der Waals surface area contributed by atoms with Gasteiger partial charge in [0, 0.05) is 16.7 Å². The fourth-order valence-electron chi connectivity index (χ4n) is 1.91. The van der Waals surface area contributed by atoms with Crippen LogP contribution in [0.15, 0.2) is 47.2 Å². The largest absolute Gasteiger partial charge is 0.320 e. The number of nitrogens with one attached hydrogen (secondary N) is 1. The number of hydrogen-bond donors (Lipinski definition) is 1. The van der Waals surface area contributed by atoms with Crippen LogP contribution in [-0.2, 0) is 0 Å². The number of carbonyl (C=O) groups is 1. The summed E-state index contributed by atoms with van der Waals surface area (Å²) in [4.78, 5) is 16.5. The molecule has 6 heteroatoms. The third-order valence-corrected chi connectivity index (χ3v) is 3.55. The highest BCUT2D eigenvalue weighted by atomic mass is 79.9. The summed E-state index contributed by atoms with van der Waals surface area (Å²) in [5.41, 5.74) is 2.92. The van der Waals surface area contributed by atoms with E-state index >= 15 is 0 Å². The molecule has 0 unspecified atom stereocenters. The first kappa shape index (κ1) is 12.8. The molecule has 2 heterocycles. The molecule has 0 aliphatic carbocycles. The standard InChI is InChI=1S/C14H11BrN4O/c1-9-2-3-11(10(15)8-9)18-14(20)12-4-6-16-13-5-7-17-19(12)13/h2-8H,1H3,(H,18,20). The van der Waals surface area contributed by atoms with Gasteiger partial charge in [0.1, 0.15) is 5.69 Å². The number of nitrogens with zero attached hydrogens (tertiary/aromatic N) is 3. The van der Waals surface area contributed by atoms with Crippen LogP contribution < -0.4 is 5.32 Å². The third kappa shape index (κ3) is 2.30. The van der Waals surface area contributed by atoms with Crippen molar-refractivity contribution in [2.45, 2.75) is 6.92 Å². The first-order chi connectivity index (χ1) is 9.65. The average molecular weight is 331 g/mol. The Morgan fingerprint density at radius 3 is 2.90 bits per heavy atom. The minimum atomic E-state index is -0.231. The highest BCUT2D eigenvalue weighted by Gasteiger charge is 2.12. The zero-order chi connectivity index (χ0) is 14.1. The summed E-state index contributed by atoms with van der Waals surface area (Å²) < 4.78 is 2.36. The predicted molar refractivity (Wildman–Crippen MR) is 79.8 cm³/mol. The van der Waals surface area contributed by atoms with E-state index in [9.17, 15) is 4.79 Å². The summed E-state index contributed by atoms with van der Waals surface area (Å²) in [6.07, 6.45) is 3.21. The second-order valence-corrected chi connectivity index (χ2v) is 5.22. The highest BCUT2D eigenvalue weighted by Crippen LogP contribution is 2.23. The lowest BCUT2D eigenvalue weighted by molar-refractivity contribution is 0.101. The Morgan fingerprint density at radius 1 is 1.25 bits per heavy atom. The smallest absolute Gasteiger partial charge is 0.274 e. The number of halogens is 1. The summed E-state index contributed by atoms with van der Waals surface area (Å²) >= 11 is 3.44. The Morgan fingerprint density at radius 2 is 2.10 bits per heavy atom. The molecule has 0 bridgehead atoms. The van der Waals surface area contributed by atoms with Crippen molar-refractivity contribution in [2.75, 3.05) is 5.32 Å². The molecule has 3 aromatic rings. The van der Waals surface area contributed by atoms with Gasteiger partial charge in [-0.1, -0.05) is 6.07 Å². The number of benzene rings is 1. The van der Waals surface area contributed by atoms with Crippen LogP contribution in [0.4, 0.5) is 5.69 Å². The summed E-state index contributed by atoms with van der Waals surface area (Å²) in [5, 5.41) is 6.96. The van der Waals surface area contributed by atoms with Crippen molar-refractivity contribution in [1.29, 1.82) is 0 Å². The van der Waals surface area contributed by atoms with Crippen LogP contribution >= 0.6 is 15.9 Å². The fourth-order valence-corrected chi connectivity index (χ4v) is 2.51. The molecule has 5 nitrogen and oxygen atoms in total. The molecule has 20 heavy (non-hydrogen) atoms. The molecule has 1 amide bonds. The van der Waals surface area contributed by atoms with Gasteiger partial charge in [-0.05, 0) is 46.6 Å². The molecule has 1 aromatic carbocycles. The van der Waals surface area contributed by atoms with Crippen molar-refractivity contribution in [3.63, 3.8) is 0 Å². The van der Waals surface area contributed by atoms with Gasteiger partial charge < -0.3 is 5.32 Å². The SMILES string of the molecule is Cc1ccc(NC(=O)c2ccnc3ccnn23)c(Br)c1. The van der Waals surface area contributed by atoms with Crippen LogP contribution in [0.5, 0.6) is 0 Å². The van der Waals surface area contributed by atoms with Crippen molar-refractivity contribution in [3.8, 4) is 0 Å².